The summed E-state index contributed by atoms with van der Waals surface area (Å²) in [6.45, 7) is 4.17. The highest BCUT2D eigenvalue weighted by molar-refractivity contribution is 8.03. The van der Waals surface area contributed by atoms with Crippen LogP contribution in [0.3, 0.4) is 0 Å². The predicted molar refractivity (Wildman–Crippen MR) is 103 cm³/mol. The Morgan fingerprint density at radius 2 is 1.77 bits per heavy atom. The molecule has 0 radical (unpaired) electrons. The summed E-state index contributed by atoms with van der Waals surface area (Å²) in [5.74, 6) is -0.0333. The lowest BCUT2D eigenvalue weighted by molar-refractivity contribution is -0.0950. The minimum Gasteiger partial charge on any atom is -0.392 e. The van der Waals surface area contributed by atoms with Gasteiger partial charge in [0.15, 0.2) is 0 Å². The maximum Gasteiger partial charge on any atom is 0.413 e. The lowest BCUT2D eigenvalue weighted by Crippen LogP contribution is -2.15. The molecule has 0 bridgehead atoms. The van der Waals surface area contributed by atoms with Crippen molar-refractivity contribution in [3.63, 3.8) is 0 Å². The Balaban J connectivity index is 2.77. The van der Waals surface area contributed by atoms with Crippen LogP contribution in [-0.4, -0.2) is 34.4 Å². The van der Waals surface area contributed by atoms with Crippen LogP contribution in [0.15, 0.2) is 22.6 Å². The van der Waals surface area contributed by atoms with Gasteiger partial charge in [0.2, 0.25) is 0 Å². The highest BCUT2D eigenvalue weighted by atomic mass is 32.2. The van der Waals surface area contributed by atoms with Gasteiger partial charge in [-0.05, 0) is 18.6 Å². The van der Waals surface area contributed by atoms with Crippen LogP contribution in [0.4, 0.5) is 13.2 Å². The maximum absolute atomic E-state index is 13.3. The van der Waals surface area contributed by atoms with Crippen LogP contribution in [-0.2, 0) is 0 Å². The van der Waals surface area contributed by atoms with Crippen LogP contribution < -0.4 is 0 Å². The molecular weight excluding hydrogens is 361 g/mol. The number of aliphatic hydroxyl groups is 2. The number of alkyl halides is 3. The van der Waals surface area contributed by atoms with Crippen molar-refractivity contribution in [3.05, 3.63) is 22.6 Å². The lowest BCUT2D eigenvalue weighted by Gasteiger charge is -2.16. The third-order valence-electron chi connectivity index (χ3n) is 4.67. The van der Waals surface area contributed by atoms with E-state index in [-0.39, 0.29) is 11.3 Å². The van der Waals surface area contributed by atoms with Crippen LogP contribution in [0.2, 0.25) is 0 Å². The van der Waals surface area contributed by atoms with Crippen LogP contribution in [0.1, 0.15) is 71.6 Å². The van der Waals surface area contributed by atoms with Gasteiger partial charge in [0.25, 0.3) is 0 Å². The summed E-state index contributed by atoms with van der Waals surface area (Å²) in [5, 5.41) is 20.2. The molecule has 0 unspecified atom stereocenters. The predicted octanol–water partition coefficient (Wildman–Crippen LogP) is 5.99. The second-order valence-corrected chi connectivity index (χ2v) is 8.13. The van der Waals surface area contributed by atoms with Gasteiger partial charge in [-0.25, -0.2) is 0 Å². The number of unbranched alkanes of at least 4 members (excludes halogenated alkanes) is 5. The monoisotopic (exact) mass is 394 g/mol. The third kappa shape index (κ3) is 8.05. The first kappa shape index (κ1) is 23.6. The average Bonchev–Trinajstić information content (AvgIpc) is 2.89. The number of hydrogen-bond donors (Lipinski definition) is 2. The molecule has 0 aromatic rings. The SMILES string of the molecule is CCCCCCSC1=C(C(F)(F)F)C[C@@H](O)[C@@H]1/C=C/[C@@H](O)CCCCC. The fourth-order valence-electron chi connectivity index (χ4n) is 3.13. The van der Waals surface area contributed by atoms with E-state index in [1.54, 1.807) is 12.2 Å². The third-order valence-corrected chi connectivity index (χ3v) is 5.99. The van der Waals surface area contributed by atoms with E-state index in [4.69, 9.17) is 0 Å². The Morgan fingerprint density at radius 3 is 2.38 bits per heavy atom. The van der Waals surface area contributed by atoms with Crippen LogP contribution in [0, 0.1) is 5.92 Å². The quantitative estimate of drug-likeness (QED) is 0.315. The Bertz CT molecular complexity index is 460. The van der Waals surface area contributed by atoms with Gasteiger partial charge in [-0.15, -0.1) is 11.8 Å². The fraction of sp³-hybridized carbons (Fsp3) is 0.800. The zero-order valence-corrected chi connectivity index (χ0v) is 16.7. The van der Waals surface area contributed by atoms with Gasteiger partial charge in [0.05, 0.1) is 12.2 Å². The normalized spacial score (nSPS) is 22.6. The standard InChI is InChI=1S/C20H33F3O2S/c1-3-5-7-9-13-26-19-16(12-11-15(24)10-8-6-4-2)18(25)14-17(19)20(21,22)23/h11-12,15-16,18,24-25H,3-10,13-14H2,1-2H3/b12-11+/t15-,16-,18+/m0/s1. The van der Waals surface area contributed by atoms with E-state index in [0.717, 1.165) is 44.9 Å². The van der Waals surface area contributed by atoms with Crippen molar-refractivity contribution in [2.75, 3.05) is 5.75 Å². The molecule has 3 atom stereocenters. The molecule has 0 aromatic carbocycles. The Hall–Kier alpha value is -0.460. The summed E-state index contributed by atoms with van der Waals surface area (Å²) >= 11 is 1.22. The van der Waals surface area contributed by atoms with Gasteiger partial charge in [-0.1, -0.05) is 64.5 Å². The molecule has 0 aromatic heterocycles. The van der Waals surface area contributed by atoms with Crippen LogP contribution >= 0.6 is 11.8 Å². The van der Waals surface area contributed by atoms with Gasteiger partial charge >= 0.3 is 6.18 Å². The van der Waals surface area contributed by atoms with Gasteiger partial charge in [-0.2, -0.15) is 13.2 Å². The smallest absolute Gasteiger partial charge is 0.392 e. The molecule has 152 valence electrons. The molecule has 2 nitrogen and oxygen atoms in total. The van der Waals surface area contributed by atoms with E-state index in [2.05, 4.69) is 13.8 Å². The van der Waals surface area contributed by atoms with E-state index < -0.39 is 29.9 Å². The van der Waals surface area contributed by atoms with Crippen LogP contribution in [0.5, 0.6) is 0 Å². The summed E-state index contributed by atoms with van der Waals surface area (Å²) in [7, 11) is 0. The molecule has 1 aliphatic rings. The Morgan fingerprint density at radius 1 is 1.12 bits per heavy atom. The number of halogens is 3. The van der Waals surface area contributed by atoms with E-state index in [0.29, 0.717) is 12.2 Å². The second kappa shape index (κ2) is 12.1. The summed E-state index contributed by atoms with van der Waals surface area (Å²) in [6.07, 6.45) is 4.25. The molecule has 1 aliphatic carbocycles. The van der Waals surface area contributed by atoms with E-state index >= 15 is 0 Å². The molecule has 26 heavy (non-hydrogen) atoms. The van der Waals surface area contributed by atoms with E-state index in [9.17, 15) is 23.4 Å². The van der Waals surface area contributed by atoms with Crippen molar-refractivity contribution in [3.8, 4) is 0 Å². The highest BCUT2D eigenvalue weighted by Gasteiger charge is 2.45. The molecule has 0 saturated heterocycles. The summed E-state index contributed by atoms with van der Waals surface area (Å²) in [6, 6.07) is 0. The van der Waals surface area contributed by atoms with Crippen molar-refractivity contribution in [1.29, 1.82) is 0 Å². The zero-order chi connectivity index (χ0) is 19.6. The van der Waals surface area contributed by atoms with Crippen molar-refractivity contribution in [2.24, 2.45) is 5.92 Å². The molecule has 1 rings (SSSR count). The molecule has 2 N–H and O–H groups in total. The zero-order valence-electron chi connectivity index (χ0n) is 15.9. The first-order chi connectivity index (χ1) is 12.3. The Kier molecular flexibility index (Phi) is 11.0. The topological polar surface area (TPSA) is 40.5 Å². The molecule has 0 aliphatic heterocycles. The summed E-state index contributed by atoms with van der Waals surface area (Å²) in [4.78, 5) is 0.235. The molecule has 0 saturated carbocycles. The van der Waals surface area contributed by atoms with Gasteiger partial charge in [0.1, 0.15) is 0 Å². The molecular formula is C20H33F3O2S. The van der Waals surface area contributed by atoms with E-state index in [1.165, 1.54) is 11.8 Å². The molecule has 0 spiro atoms. The van der Waals surface area contributed by atoms with Crippen molar-refractivity contribution in [1.82, 2.24) is 0 Å². The van der Waals surface area contributed by atoms with Gasteiger partial charge in [-0.3, -0.25) is 0 Å². The number of rotatable bonds is 12. The molecule has 6 heteroatoms. The minimum absolute atomic E-state index is 0.235. The van der Waals surface area contributed by atoms with E-state index in [1.807, 2.05) is 0 Å². The minimum atomic E-state index is -4.41. The average molecular weight is 395 g/mol. The highest BCUT2D eigenvalue weighted by Crippen LogP contribution is 2.47. The Labute approximate surface area is 159 Å². The van der Waals surface area contributed by atoms with Gasteiger partial charge < -0.3 is 10.2 Å². The van der Waals surface area contributed by atoms with Gasteiger partial charge in [0, 0.05) is 22.8 Å². The second-order valence-electron chi connectivity index (χ2n) is 6.99. The first-order valence-corrected chi connectivity index (χ1v) is 10.8. The summed E-state index contributed by atoms with van der Waals surface area (Å²) in [5.41, 5.74) is -0.597. The number of hydrogen-bond acceptors (Lipinski definition) is 3. The molecule has 0 amide bonds. The lowest BCUT2D eigenvalue weighted by atomic mass is 10.0. The van der Waals surface area contributed by atoms with Crippen LogP contribution in [0.25, 0.3) is 0 Å². The molecule has 0 fully saturated rings. The van der Waals surface area contributed by atoms with Crippen molar-refractivity contribution < 1.29 is 23.4 Å². The first-order valence-electron chi connectivity index (χ1n) is 9.78. The van der Waals surface area contributed by atoms with Crippen molar-refractivity contribution >= 4 is 11.8 Å². The maximum atomic E-state index is 13.3. The fourth-order valence-corrected chi connectivity index (χ4v) is 4.50. The largest absolute Gasteiger partial charge is 0.413 e. The number of thioether (sulfide) groups is 1. The molecule has 0 heterocycles. The summed E-state index contributed by atoms with van der Waals surface area (Å²) < 4.78 is 40.0. The van der Waals surface area contributed by atoms with Crippen molar-refractivity contribution in [2.45, 2.75) is 90.0 Å². The number of aliphatic hydroxyl groups excluding tert-OH is 2.